The fraction of sp³-hybridized carbons (Fsp3) is 1.00. The van der Waals surface area contributed by atoms with Gasteiger partial charge in [0.2, 0.25) is 0 Å². The highest BCUT2D eigenvalue weighted by molar-refractivity contribution is 5.04. The summed E-state index contributed by atoms with van der Waals surface area (Å²) in [4.78, 5) is 0. The van der Waals surface area contributed by atoms with Crippen LogP contribution in [0.15, 0.2) is 0 Å². The van der Waals surface area contributed by atoms with E-state index in [1.807, 2.05) is 0 Å². The molecule has 2 fully saturated rings. The number of hydrogen-bond acceptors (Lipinski definition) is 1. The van der Waals surface area contributed by atoms with E-state index in [2.05, 4.69) is 13.8 Å². The molecule has 2 aliphatic rings. The molecular formula is C10H19N. The van der Waals surface area contributed by atoms with Gasteiger partial charge in [0.05, 0.1) is 0 Å². The second-order valence-corrected chi connectivity index (χ2v) is 5.08. The van der Waals surface area contributed by atoms with Crippen molar-refractivity contribution in [2.24, 2.45) is 23.0 Å². The van der Waals surface area contributed by atoms with Crippen LogP contribution in [0.5, 0.6) is 0 Å². The van der Waals surface area contributed by atoms with E-state index in [0.29, 0.717) is 6.04 Å². The zero-order chi connectivity index (χ0) is 8.06. The molecular weight excluding hydrogens is 134 g/mol. The molecule has 0 heterocycles. The summed E-state index contributed by atoms with van der Waals surface area (Å²) in [5.74, 6) is 1.92. The van der Waals surface area contributed by atoms with Gasteiger partial charge in [0, 0.05) is 6.04 Å². The molecule has 0 unspecified atom stereocenters. The van der Waals surface area contributed by atoms with Crippen LogP contribution in [0.1, 0.15) is 39.5 Å². The Labute approximate surface area is 69.4 Å². The first-order chi connectivity index (χ1) is 5.11. The lowest BCUT2D eigenvalue weighted by molar-refractivity contribution is -0.0562. The third-order valence-corrected chi connectivity index (χ3v) is 3.72. The Hall–Kier alpha value is -0.0400. The van der Waals surface area contributed by atoms with Gasteiger partial charge in [0.1, 0.15) is 0 Å². The Balaban J connectivity index is 1.80. The smallest absolute Gasteiger partial charge is 0.00494 e. The van der Waals surface area contributed by atoms with Crippen LogP contribution in [0, 0.1) is 17.3 Å². The minimum absolute atomic E-state index is 0.545. The minimum Gasteiger partial charge on any atom is -0.328 e. The normalized spacial score (nSPS) is 49.1. The molecule has 2 aliphatic carbocycles. The lowest BCUT2D eigenvalue weighted by Crippen LogP contribution is -2.54. The minimum atomic E-state index is 0.545. The highest BCUT2D eigenvalue weighted by Gasteiger charge is 2.51. The third-order valence-electron chi connectivity index (χ3n) is 3.72. The molecule has 1 spiro atoms. The first-order valence-corrected chi connectivity index (χ1v) is 4.87. The summed E-state index contributed by atoms with van der Waals surface area (Å²) < 4.78 is 0. The van der Waals surface area contributed by atoms with E-state index >= 15 is 0 Å². The maximum Gasteiger partial charge on any atom is 0.00494 e. The predicted molar refractivity (Wildman–Crippen MR) is 47.2 cm³/mol. The predicted octanol–water partition coefficient (Wildman–Crippen LogP) is 2.16. The Morgan fingerprint density at radius 2 is 1.73 bits per heavy atom. The molecule has 0 saturated heterocycles. The average molecular weight is 153 g/mol. The average Bonchev–Trinajstić information content (AvgIpc) is 1.73. The van der Waals surface area contributed by atoms with Crippen molar-refractivity contribution < 1.29 is 0 Å². The number of nitrogens with two attached hydrogens (primary N) is 1. The fourth-order valence-electron chi connectivity index (χ4n) is 2.91. The standard InChI is InChI=1S/C10H19N/c1-7(2)8-3-10(4-8)5-9(11)6-10/h7-9H,3-6,11H2,1-2H3. The van der Waals surface area contributed by atoms with Crippen LogP contribution in [-0.2, 0) is 0 Å². The van der Waals surface area contributed by atoms with E-state index in [1.165, 1.54) is 25.7 Å². The van der Waals surface area contributed by atoms with Crippen LogP contribution in [0.3, 0.4) is 0 Å². The molecule has 64 valence electrons. The summed E-state index contributed by atoms with van der Waals surface area (Å²) in [5, 5.41) is 0. The molecule has 0 aromatic rings. The van der Waals surface area contributed by atoms with Crippen LogP contribution >= 0.6 is 0 Å². The van der Waals surface area contributed by atoms with Gasteiger partial charge in [-0.1, -0.05) is 13.8 Å². The highest BCUT2D eigenvalue weighted by Crippen LogP contribution is 2.59. The monoisotopic (exact) mass is 153 g/mol. The molecule has 0 radical (unpaired) electrons. The van der Waals surface area contributed by atoms with Crippen LogP contribution in [0.2, 0.25) is 0 Å². The molecule has 0 atom stereocenters. The van der Waals surface area contributed by atoms with Crippen molar-refractivity contribution in [1.29, 1.82) is 0 Å². The van der Waals surface area contributed by atoms with Crippen LogP contribution < -0.4 is 5.73 Å². The van der Waals surface area contributed by atoms with Crippen LogP contribution in [0.4, 0.5) is 0 Å². The van der Waals surface area contributed by atoms with Gasteiger partial charge in [-0.2, -0.15) is 0 Å². The molecule has 2 N–H and O–H groups in total. The summed E-state index contributed by atoms with van der Waals surface area (Å²) in [6, 6.07) is 0.545. The topological polar surface area (TPSA) is 26.0 Å². The van der Waals surface area contributed by atoms with Gasteiger partial charge in [-0.05, 0) is 42.9 Å². The summed E-state index contributed by atoms with van der Waals surface area (Å²) in [6.07, 6.45) is 5.57. The van der Waals surface area contributed by atoms with Gasteiger partial charge in [-0.25, -0.2) is 0 Å². The van der Waals surface area contributed by atoms with Crippen molar-refractivity contribution in [3.8, 4) is 0 Å². The summed E-state index contributed by atoms with van der Waals surface area (Å²) in [6.45, 7) is 4.69. The van der Waals surface area contributed by atoms with Crippen molar-refractivity contribution in [3.63, 3.8) is 0 Å². The van der Waals surface area contributed by atoms with Gasteiger partial charge in [-0.15, -0.1) is 0 Å². The fourth-order valence-corrected chi connectivity index (χ4v) is 2.91. The Bertz CT molecular complexity index is 148. The largest absolute Gasteiger partial charge is 0.328 e. The number of hydrogen-bond donors (Lipinski definition) is 1. The number of rotatable bonds is 1. The maximum atomic E-state index is 5.79. The molecule has 0 aromatic carbocycles. The molecule has 2 saturated carbocycles. The van der Waals surface area contributed by atoms with Crippen LogP contribution in [0.25, 0.3) is 0 Å². The van der Waals surface area contributed by atoms with Gasteiger partial charge >= 0.3 is 0 Å². The molecule has 0 aromatic heterocycles. The van der Waals surface area contributed by atoms with E-state index in [0.717, 1.165) is 17.3 Å². The Kier molecular flexibility index (Phi) is 1.54. The van der Waals surface area contributed by atoms with E-state index < -0.39 is 0 Å². The summed E-state index contributed by atoms with van der Waals surface area (Å²) >= 11 is 0. The molecule has 2 rings (SSSR count). The van der Waals surface area contributed by atoms with Crippen molar-refractivity contribution in [2.45, 2.75) is 45.6 Å². The maximum absolute atomic E-state index is 5.79. The van der Waals surface area contributed by atoms with Gasteiger partial charge in [0.25, 0.3) is 0 Å². The van der Waals surface area contributed by atoms with Crippen LogP contribution in [-0.4, -0.2) is 6.04 Å². The van der Waals surface area contributed by atoms with E-state index in [-0.39, 0.29) is 0 Å². The zero-order valence-electron chi connectivity index (χ0n) is 7.64. The zero-order valence-corrected chi connectivity index (χ0v) is 7.64. The lowest BCUT2D eigenvalue weighted by atomic mass is 9.48. The molecule has 0 bridgehead atoms. The van der Waals surface area contributed by atoms with E-state index in [4.69, 9.17) is 5.73 Å². The Morgan fingerprint density at radius 3 is 2.09 bits per heavy atom. The SMILES string of the molecule is CC(C)C1CC2(CC(N)C2)C1. The Morgan fingerprint density at radius 1 is 1.18 bits per heavy atom. The lowest BCUT2D eigenvalue weighted by Gasteiger charge is -2.58. The van der Waals surface area contributed by atoms with E-state index in [9.17, 15) is 0 Å². The third kappa shape index (κ3) is 1.10. The molecule has 1 heteroatoms. The second kappa shape index (κ2) is 2.22. The molecule has 11 heavy (non-hydrogen) atoms. The van der Waals surface area contributed by atoms with Crippen molar-refractivity contribution in [1.82, 2.24) is 0 Å². The van der Waals surface area contributed by atoms with Gasteiger partial charge in [-0.3, -0.25) is 0 Å². The van der Waals surface area contributed by atoms with Gasteiger partial charge < -0.3 is 5.73 Å². The van der Waals surface area contributed by atoms with Crippen molar-refractivity contribution in [2.75, 3.05) is 0 Å². The molecule has 0 aliphatic heterocycles. The van der Waals surface area contributed by atoms with E-state index in [1.54, 1.807) is 0 Å². The van der Waals surface area contributed by atoms with Gasteiger partial charge in [0.15, 0.2) is 0 Å². The first kappa shape index (κ1) is 7.60. The second-order valence-electron chi connectivity index (χ2n) is 5.08. The molecule has 1 nitrogen and oxygen atoms in total. The summed E-state index contributed by atoms with van der Waals surface area (Å²) in [7, 11) is 0. The quantitative estimate of drug-likeness (QED) is 0.614. The first-order valence-electron chi connectivity index (χ1n) is 4.87. The van der Waals surface area contributed by atoms with Crippen molar-refractivity contribution >= 4 is 0 Å². The summed E-state index contributed by atoms with van der Waals surface area (Å²) in [5.41, 5.74) is 6.53. The molecule has 0 amide bonds. The highest BCUT2D eigenvalue weighted by atomic mass is 14.7. The van der Waals surface area contributed by atoms with Crippen molar-refractivity contribution in [3.05, 3.63) is 0 Å².